The molecule has 0 unspecified atom stereocenters. The lowest BCUT2D eigenvalue weighted by Gasteiger charge is -2.35. The van der Waals surface area contributed by atoms with Crippen LogP contribution in [0.15, 0.2) is 18.2 Å². The summed E-state index contributed by atoms with van der Waals surface area (Å²) in [6.07, 6.45) is 1.53. The third-order valence-corrected chi connectivity index (χ3v) is 5.42. The van der Waals surface area contributed by atoms with Crippen molar-refractivity contribution >= 4 is 16.9 Å². The number of aromatic amines is 1. The van der Waals surface area contributed by atoms with Crippen molar-refractivity contribution in [2.75, 3.05) is 13.1 Å². The Hall–Kier alpha value is -1.92. The normalized spacial score (nSPS) is 29.6. The van der Waals surface area contributed by atoms with Crippen molar-refractivity contribution in [1.82, 2.24) is 20.6 Å². The molecule has 1 aliphatic heterocycles. The second-order valence-corrected chi connectivity index (χ2v) is 7.24. The van der Waals surface area contributed by atoms with Gasteiger partial charge in [-0.3, -0.25) is 4.79 Å². The summed E-state index contributed by atoms with van der Waals surface area (Å²) in [4.78, 5) is 20.0. The van der Waals surface area contributed by atoms with Crippen molar-refractivity contribution in [1.29, 1.82) is 0 Å². The Labute approximate surface area is 141 Å². The number of aryl methyl sites for hydroxylation is 1. The molecule has 1 amide bonds. The summed E-state index contributed by atoms with van der Waals surface area (Å²) in [5.74, 6) is 1.97. The van der Waals surface area contributed by atoms with Crippen LogP contribution in [-0.2, 0) is 11.2 Å². The van der Waals surface area contributed by atoms with Crippen LogP contribution in [0.4, 0.5) is 0 Å². The minimum Gasteiger partial charge on any atom is -0.391 e. The summed E-state index contributed by atoms with van der Waals surface area (Å²) in [6.45, 7) is 3.91. The molecule has 128 valence electrons. The number of aliphatic hydroxyl groups is 1. The summed E-state index contributed by atoms with van der Waals surface area (Å²) in [5, 5.41) is 16.7. The molecule has 4 N–H and O–H groups in total. The predicted octanol–water partition coefficient (Wildman–Crippen LogP) is 0.889. The molecule has 0 radical (unpaired) electrons. The molecule has 2 aliphatic rings. The van der Waals surface area contributed by atoms with Crippen LogP contribution in [0.3, 0.4) is 0 Å². The minimum absolute atomic E-state index is 0.0287. The highest BCUT2D eigenvalue weighted by Crippen LogP contribution is 2.32. The Morgan fingerprint density at radius 2 is 2.12 bits per heavy atom. The van der Waals surface area contributed by atoms with E-state index in [-0.39, 0.29) is 11.9 Å². The Balaban J connectivity index is 1.40. The highest BCUT2D eigenvalue weighted by atomic mass is 16.3. The van der Waals surface area contributed by atoms with Gasteiger partial charge in [-0.1, -0.05) is 6.07 Å². The molecule has 24 heavy (non-hydrogen) atoms. The fourth-order valence-electron chi connectivity index (χ4n) is 4.19. The maximum atomic E-state index is 12.4. The fourth-order valence-corrected chi connectivity index (χ4v) is 4.19. The van der Waals surface area contributed by atoms with Gasteiger partial charge in [-0.05, 0) is 62.4 Å². The summed E-state index contributed by atoms with van der Waals surface area (Å²) in [6, 6.07) is 5.72. The average molecular weight is 328 g/mol. The molecule has 6 heteroatoms. The third-order valence-electron chi connectivity index (χ3n) is 5.42. The van der Waals surface area contributed by atoms with Gasteiger partial charge in [-0.2, -0.15) is 0 Å². The van der Waals surface area contributed by atoms with E-state index in [0.717, 1.165) is 48.4 Å². The van der Waals surface area contributed by atoms with Crippen molar-refractivity contribution in [3.63, 3.8) is 0 Å². The SMILES string of the molecule is Cc1nc2ccc(CC(=O)N[C@H]3C[C@H]4CNC[C@H]4C[C@@H]3O)cc2[nH]1. The highest BCUT2D eigenvalue weighted by molar-refractivity contribution is 5.82. The molecular weight excluding hydrogens is 304 g/mol. The van der Waals surface area contributed by atoms with E-state index < -0.39 is 6.10 Å². The molecule has 2 heterocycles. The van der Waals surface area contributed by atoms with Crippen LogP contribution in [0.5, 0.6) is 0 Å². The average Bonchev–Trinajstić information content (AvgIpc) is 3.12. The molecule has 1 aliphatic carbocycles. The van der Waals surface area contributed by atoms with Gasteiger partial charge in [-0.25, -0.2) is 4.98 Å². The molecule has 2 fully saturated rings. The Morgan fingerprint density at radius 3 is 2.96 bits per heavy atom. The molecule has 1 aromatic heterocycles. The van der Waals surface area contributed by atoms with Gasteiger partial charge in [0.05, 0.1) is 29.6 Å². The van der Waals surface area contributed by atoms with E-state index >= 15 is 0 Å². The number of carbonyl (C=O) groups is 1. The van der Waals surface area contributed by atoms with Crippen LogP contribution in [0.25, 0.3) is 11.0 Å². The van der Waals surface area contributed by atoms with E-state index in [4.69, 9.17) is 0 Å². The molecule has 0 spiro atoms. The van der Waals surface area contributed by atoms with E-state index in [1.807, 2.05) is 25.1 Å². The number of nitrogens with zero attached hydrogens (tertiary/aromatic N) is 1. The molecule has 1 saturated heterocycles. The number of hydrogen-bond acceptors (Lipinski definition) is 4. The minimum atomic E-state index is -0.437. The molecule has 4 atom stereocenters. The lowest BCUT2D eigenvalue weighted by molar-refractivity contribution is -0.122. The number of benzene rings is 1. The van der Waals surface area contributed by atoms with E-state index in [0.29, 0.717) is 18.3 Å². The highest BCUT2D eigenvalue weighted by Gasteiger charge is 2.39. The first-order valence-electron chi connectivity index (χ1n) is 8.72. The summed E-state index contributed by atoms with van der Waals surface area (Å²) in [7, 11) is 0. The van der Waals surface area contributed by atoms with Crippen LogP contribution in [-0.4, -0.2) is 46.2 Å². The number of aromatic nitrogens is 2. The Morgan fingerprint density at radius 1 is 1.33 bits per heavy atom. The second-order valence-electron chi connectivity index (χ2n) is 7.24. The predicted molar refractivity (Wildman–Crippen MR) is 91.6 cm³/mol. The van der Waals surface area contributed by atoms with E-state index in [9.17, 15) is 9.90 Å². The standard InChI is InChI=1S/C18H24N4O2/c1-10-20-14-3-2-11(4-15(14)21-10)5-18(24)22-16-6-12-8-19-9-13(12)7-17(16)23/h2-4,12-13,16-17,19,23H,5-9H2,1H3,(H,20,21)(H,22,24)/t12-,13+,16-,17-/m0/s1. The Bertz CT molecular complexity index is 757. The maximum Gasteiger partial charge on any atom is 0.224 e. The third kappa shape index (κ3) is 3.03. The molecular formula is C18H24N4O2. The lowest BCUT2D eigenvalue weighted by Crippen LogP contribution is -2.49. The lowest BCUT2D eigenvalue weighted by atomic mass is 9.77. The maximum absolute atomic E-state index is 12.4. The van der Waals surface area contributed by atoms with Gasteiger partial charge >= 0.3 is 0 Å². The Kier molecular flexibility index (Phi) is 4.02. The zero-order valence-electron chi connectivity index (χ0n) is 13.9. The molecule has 1 saturated carbocycles. The van der Waals surface area contributed by atoms with Gasteiger partial charge in [0, 0.05) is 0 Å². The van der Waals surface area contributed by atoms with Crippen molar-refractivity contribution in [2.45, 2.75) is 38.3 Å². The number of carbonyl (C=O) groups excluding carboxylic acids is 1. The number of nitrogens with one attached hydrogen (secondary N) is 3. The summed E-state index contributed by atoms with van der Waals surface area (Å²) < 4.78 is 0. The number of H-pyrrole nitrogens is 1. The molecule has 6 nitrogen and oxygen atoms in total. The summed E-state index contributed by atoms with van der Waals surface area (Å²) >= 11 is 0. The van der Waals surface area contributed by atoms with Crippen molar-refractivity contribution < 1.29 is 9.90 Å². The van der Waals surface area contributed by atoms with Gasteiger partial charge in [0.15, 0.2) is 0 Å². The van der Waals surface area contributed by atoms with Crippen molar-refractivity contribution in [3.05, 3.63) is 29.6 Å². The number of rotatable bonds is 3. The first kappa shape index (κ1) is 15.6. The zero-order chi connectivity index (χ0) is 16.7. The number of hydrogen-bond donors (Lipinski definition) is 4. The quantitative estimate of drug-likeness (QED) is 0.673. The monoisotopic (exact) mass is 328 g/mol. The van der Waals surface area contributed by atoms with Gasteiger partial charge < -0.3 is 20.7 Å². The van der Waals surface area contributed by atoms with Gasteiger partial charge in [0.25, 0.3) is 0 Å². The molecule has 4 rings (SSSR count). The van der Waals surface area contributed by atoms with Crippen LogP contribution >= 0.6 is 0 Å². The number of amides is 1. The van der Waals surface area contributed by atoms with Gasteiger partial charge in [-0.15, -0.1) is 0 Å². The largest absolute Gasteiger partial charge is 0.391 e. The fraction of sp³-hybridized carbons (Fsp3) is 0.556. The number of fused-ring (bicyclic) bond motifs is 2. The molecule has 0 bridgehead atoms. The zero-order valence-corrected chi connectivity index (χ0v) is 13.9. The second kappa shape index (κ2) is 6.18. The topological polar surface area (TPSA) is 90.0 Å². The molecule has 2 aromatic rings. The summed E-state index contributed by atoms with van der Waals surface area (Å²) in [5.41, 5.74) is 2.82. The van der Waals surface area contributed by atoms with Crippen LogP contribution in [0.1, 0.15) is 24.2 Å². The number of aliphatic hydroxyl groups excluding tert-OH is 1. The van der Waals surface area contributed by atoms with Crippen LogP contribution < -0.4 is 10.6 Å². The first-order valence-corrected chi connectivity index (χ1v) is 8.72. The van der Waals surface area contributed by atoms with Crippen molar-refractivity contribution in [3.8, 4) is 0 Å². The van der Waals surface area contributed by atoms with Crippen LogP contribution in [0.2, 0.25) is 0 Å². The van der Waals surface area contributed by atoms with E-state index in [1.54, 1.807) is 0 Å². The van der Waals surface area contributed by atoms with E-state index in [1.165, 1.54) is 0 Å². The van der Waals surface area contributed by atoms with E-state index in [2.05, 4.69) is 20.6 Å². The van der Waals surface area contributed by atoms with Crippen LogP contribution in [0, 0.1) is 18.8 Å². The van der Waals surface area contributed by atoms with Crippen molar-refractivity contribution in [2.24, 2.45) is 11.8 Å². The van der Waals surface area contributed by atoms with Gasteiger partial charge in [0.1, 0.15) is 5.82 Å². The smallest absolute Gasteiger partial charge is 0.224 e. The number of imidazole rings is 1. The van der Waals surface area contributed by atoms with Gasteiger partial charge in [0.2, 0.25) is 5.91 Å². The molecule has 1 aromatic carbocycles. The first-order chi connectivity index (χ1) is 11.6.